The smallest absolute Gasteiger partial charge is 0.257 e. The minimum atomic E-state index is -0.394. The first kappa shape index (κ1) is 21.9. The van der Waals surface area contributed by atoms with Gasteiger partial charge in [-0.2, -0.15) is 0 Å². The van der Waals surface area contributed by atoms with E-state index in [2.05, 4.69) is 15.2 Å². The second-order valence-electron chi connectivity index (χ2n) is 8.17. The van der Waals surface area contributed by atoms with Gasteiger partial charge in [0, 0.05) is 47.3 Å². The van der Waals surface area contributed by atoms with Crippen molar-refractivity contribution in [1.29, 1.82) is 0 Å². The van der Waals surface area contributed by atoms with Crippen molar-refractivity contribution in [3.8, 4) is 0 Å². The van der Waals surface area contributed by atoms with Gasteiger partial charge >= 0.3 is 0 Å². The van der Waals surface area contributed by atoms with Crippen LogP contribution in [0.4, 0.5) is 15.2 Å². The van der Waals surface area contributed by atoms with E-state index < -0.39 is 5.82 Å². The third-order valence-corrected chi connectivity index (χ3v) is 7.39. The zero-order valence-corrected chi connectivity index (χ0v) is 19.3. The Bertz CT molecular complexity index is 1190. The summed E-state index contributed by atoms with van der Waals surface area (Å²) in [6.07, 6.45) is 1.52. The molecule has 1 N–H and O–H groups in total. The minimum absolute atomic E-state index is 0.0983. The first-order chi connectivity index (χ1) is 16.0. The Morgan fingerprint density at radius 1 is 1.09 bits per heavy atom. The second-order valence-corrected chi connectivity index (χ2v) is 9.69. The number of fused-ring (bicyclic) bond motifs is 1. The lowest BCUT2D eigenvalue weighted by molar-refractivity contribution is -0.133. The summed E-state index contributed by atoms with van der Waals surface area (Å²) in [6, 6.07) is 13.1. The van der Waals surface area contributed by atoms with Gasteiger partial charge in [0.15, 0.2) is 5.13 Å². The summed E-state index contributed by atoms with van der Waals surface area (Å²) in [5.41, 5.74) is 2.20. The van der Waals surface area contributed by atoms with Crippen LogP contribution in [0.1, 0.15) is 33.3 Å². The SMILES string of the molecule is O=C(Nc1nc2c(s1)CCC2C(=O)N1CCN(c2cccc(Cl)c2)CC1)c1ccc(F)cc1. The summed E-state index contributed by atoms with van der Waals surface area (Å²) in [5, 5.41) is 3.95. The first-order valence-electron chi connectivity index (χ1n) is 10.8. The number of hydrogen-bond donors (Lipinski definition) is 1. The van der Waals surface area contributed by atoms with Gasteiger partial charge in [-0.15, -0.1) is 11.3 Å². The van der Waals surface area contributed by atoms with Crippen LogP contribution in [0.15, 0.2) is 48.5 Å². The molecule has 2 aromatic carbocycles. The molecule has 0 saturated carbocycles. The van der Waals surface area contributed by atoms with E-state index in [4.69, 9.17) is 11.6 Å². The van der Waals surface area contributed by atoms with E-state index in [1.54, 1.807) is 0 Å². The number of nitrogens with one attached hydrogen (secondary N) is 1. The zero-order valence-electron chi connectivity index (χ0n) is 17.8. The molecule has 2 amide bonds. The molecule has 1 atom stereocenters. The second kappa shape index (κ2) is 9.11. The van der Waals surface area contributed by atoms with Crippen molar-refractivity contribution in [2.45, 2.75) is 18.8 Å². The maximum absolute atomic E-state index is 13.3. The van der Waals surface area contributed by atoms with Crippen molar-refractivity contribution in [1.82, 2.24) is 9.88 Å². The van der Waals surface area contributed by atoms with E-state index in [1.807, 2.05) is 29.2 Å². The van der Waals surface area contributed by atoms with Gasteiger partial charge in [-0.3, -0.25) is 14.9 Å². The van der Waals surface area contributed by atoms with Crippen molar-refractivity contribution in [2.75, 3.05) is 36.4 Å². The number of rotatable bonds is 4. The lowest BCUT2D eigenvalue weighted by atomic mass is 10.1. The summed E-state index contributed by atoms with van der Waals surface area (Å²) in [4.78, 5) is 35.5. The van der Waals surface area contributed by atoms with Crippen molar-refractivity contribution >= 4 is 45.6 Å². The predicted octanol–water partition coefficient (Wildman–Crippen LogP) is 4.57. The van der Waals surface area contributed by atoms with Crippen LogP contribution in [0.3, 0.4) is 0 Å². The summed E-state index contributed by atoms with van der Waals surface area (Å²) in [5.74, 6) is -0.913. The number of amides is 2. The first-order valence-corrected chi connectivity index (χ1v) is 12.0. The Balaban J connectivity index is 1.22. The molecule has 6 nitrogen and oxygen atoms in total. The number of thiazole rings is 1. The highest BCUT2D eigenvalue weighted by molar-refractivity contribution is 7.16. The summed E-state index contributed by atoms with van der Waals surface area (Å²) in [7, 11) is 0. The molecule has 1 saturated heterocycles. The lowest BCUT2D eigenvalue weighted by Crippen LogP contribution is -2.50. The van der Waals surface area contributed by atoms with Crippen LogP contribution < -0.4 is 10.2 Å². The molecular formula is C24H22ClFN4O2S. The average Bonchev–Trinajstić information content (AvgIpc) is 3.39. The fraction of sp³-hybridized carbons (Fsp3) is 0.292. The van der Waals surface area contributed by atoms with Gasteiger partial charge in [-0.25, -0.2) is 9.37 Å². The highest BCUT2D eigenvalue weighted by Crippen LogP contribution is 2.39. The summed E-state index contributed by atoms with van der Waals surface area (Å²) < 4.78 is 13.1. The molecule has 1 aliphatic heterocycles. The Morgan fingerprint density at radius 3 is 2.58 bits per heavy atom. The van der Waals surface area contributed by atoms with Crippen molar-refractivity contribution in [2.24, 2.45) is 0 Å². The number of aryl methyl sites for hydroxylation is 1. The molecule has 5 rings (SSSR count). The predicted molar refractivity (Wildman–Crippen MR) is 128 cm³/mol. The Morgan fingerprint density at radius 2 is 1.85 bits per heavy atom. The molecule has 2 aliphatic rings. The number of benzene rings is 2. The molecule has 0 bridgehead atoms. The van der Waals surface area contributed by atoms with Gasteiger partial charge in [-0.1, -0.05) is 17.7 Å². The van der Waals surface area contributed by atoms with Crippen LogP contribution in [0.5, 0.6) is 0 Å². The number of halogens is 2. The molecule has 2 heterocycles. The Hall–Kier alpha value is -2.97. The maximum atomic E-state index is 13.3. The molecule has 1 aliphatic carbocycles. The molecule has 1 unspecified atom stereocenters. The number of nitrogens with zero attached hydrogens (tertiary/aromatic N) is 3. The molecule has 0 radical (unpaired) electrons. The molecule has 3 aromatic rings. The van der Waals surface area contributed by atoms with Gasteiger partial charge < -0.3 is 9.80 Å². The normalized spacial score (nSPS) is 17.7. The fourth-order valence-corrected chi connectivity index (χ4v) is 5.59. The molecule has 9 heteroatoms. The van der Waals surface area contributed by atoms with E-state index in [-0.39, 0.29) is 17.7 Å². The van der Waals surface area contributed by atoms with Crippen molar-refractivity contribution in [3.63, 3.8) is 0 Å². The number of carbonyl (C=O) groups excluding carboxylic acids is 2. The highest BCUT2D eigenvalue weighted by atomic mass is 35.5. The van der Waals surface area contributed by atoms with Crippen LogP contribution >= 0.6 is 22.9 Å². The third kappa shape index (κ3) is 4.58. The Labute approximate surface area is 200 Å². The zero-order chi connectivity index (χ0) is 22.9. The largest absolute Gasteiger partial charge is 0.368 e. The standard InChI is InChI=1S/C24H22ClFN4O2S/c25-16-2-1-3-18(14-16)29-10-12-30(13-11-29)23(32)19-8-9-20-21(19)27-24(33-20)28-22(31)15-4-6-17(26)7-5-15/h1-7,14,19H,8-13H2,(H,27,28,31). The van der Waals surface area contributed by atoms with Crippen LogP contribution in [0.25, 0.3) is 0 Å². The van der Waals surface area contributed by atoms with E-state index in [1.165, 1.54) is 35.6 Å². The van der Waals surface area contributed by atoms with Crippen molar-refractivity contribution in [3.05, 3.63) is 75.5 Å². The summed E-state index contributed by atoms with van der Waals surface area (Å²) in [6.45, 7) is 2.80. The number of carbonyl (C=O) groups is 2. The van der Waals surface area contributed by atoms with Crippen LogP contribution in [0.2, 0.25) is 5.02 Å². The van der Waals surface area contributed by atoms with Gasteiger partial charge in [0.25, 0.3) is 5.91 Å². The van der Waals surface area contributed by atoms with Gasteiger partial charge in [-0.05, 0) is 55.3 Å². The van der Waals surface area contributed by atoms with Crippen LogP contribution in [-0.2, 0) is 11.2 Å². The maximum Gasteiger partial charge on any atom is 0.257 e. The van der Waals surface area contributed by atoms with Gasteiger partial charge in [0.2, 0.25) is 5.91 Å². The molecule has 33 heavy (non-hydrogen) atoms. The number of hydrogen-bond acceptors (Lipinski definition) is 5. The van der Waals surface area contributed by atoms with E-state index >= 15 is 0 Å². The van der Waals surface area contributed by atoms with Gasteiger partial charge in [0.1, 0.15) is 5.82 Å². The quantitative estimate of drug-likeness (QED) is 0.589. The van der Waals surface area contributed by atoms with Crippen LogP contribution in [0, 0.1) is 5.82 Å². The van der Waals surface area contributed by atoms with E-state index in [9.17, 15) is 14.0 Å². The highest BCUT2D eigenvalue weighted by Gasteiger charge is 2.36. The minimum Gasteiger partial charge on any atom is -0.368 e. The lowest BCUT2D eigenvalue weighted by Gasteiger charge is -2.37. The third-order valence-electron chi connectivity index (χ3n) is 6.11. The number of anilines is 2. The Kier molecular flexibility index (Phi) is 6.03. The number of aromatic nitrogens is 1. The fourth-order valence-electron chi connectivity index (χ4n) is 4.37. The molecule has 1 aromatic heterocycles. The van der Waals surface area contributed by atoms with Gasteiger partial charge in [0.05, 0.1) is 11.6 Å². The summed E-state index contributed by atoms with van der Waals surface area (Å²) >= 11 is 7.52. The van der Waals surface area contributed by atoms with E-state index in [0.29, 0.717) is 28.8 Å². The van der Waals surface area contributed by atoms with Crippen LogP contribution in [-0.4, -0.2) is 47.9 Å². The number of piperazine rings is 1. The molecule has 170 valence electrons. The molecular weight excluding hydrogens is 463 g/mol. The molecule has 1 fully saturated rings. The molecule has 0 spiro atoms. The topological polar surface area (TPSA) is 65.5 Å². The average molecular weight is 485 g/mol. The van der Waals surface area contributed by atoms with E-state index in [0.717, 1.165) is 42.2 Å². The van der Waals surface area contributed by atoms with Crippen molar-refractivity contribution < 1.29 is 14.0 Å². The monoisotopic (exact) mass is 484 g/mol.